The Labute approximate surface area is 123 Å². The van der Waals surface area contributed by atoms with Crippen molar-refractivity contribution in [2.75, 3.05) is 13.7 Å². The third-order valence-corrected chi connectivity index (χ3v) is 3.96. The highest BCUT2D eigenvalue weighted by Crippen LogP contribution is 2.25. The summed E-state index contributed by atoms with van der Waals surface area (Å²) >= 11 is 0. The number of nitrogens with zero attached hydrogens (tertiary/aromatic N) is 1. The van der Waals surface area contributed by atoms with E-state index in [4.69, 9.17) is 0 Å². The molecule has 0 heterocycles. The molecule has 1 fully saturated rings. The zero-order valence-electron chi connectivity index (χ0n) is 12.4. The van der Waals surface area contributed by atoms with Crippen LogP contribution in [0.3, 0.4) is 0 Å². The number of ether oxygens (including phenoxy) is 1. The molecule has 0 unspecified atom stereocenters. The number of carbonyl (C=O) groups is 2. The molecule has 114 valence electrons. The molecule has 2 rings (SSSR count). The molecule has 0 aliphatic heterocycles. The fourth-order valence-electron chi connectivity index (χ4n) is 2.73. The van der Waals surface area contributed by atoms with Crippen LogP contribution in [0.5, 0.6) is 0 Å². The van der Waals surface area contributed by atoms with Crippen LogP contribution in [0.4, 0.5) is 4.39 Å². The van der Waals surface area contributed by atoms with Crippen LogP contribution in [0.25, 0.3) is 0 Å². The standard InChI is InChI=1S/C16H20FNO3/c1-11-9-12(7-8-14(11)17)16(20)18(10-15(19)21-2)13-5-3-4-6-13/h7-9,13H,3-6,10H2,1-2H3. The Kier molecular flexibility index (Phi) is 4.94. The Hall–Kier alpha value is -1.91. The summed E-state index contributed by atoms with van der Waals surface area (Å²) in [5.74, 6) is -1.02. The second kappa shape index (κ2) is 6.70. The Bertz CT molecular complexity index is 538. The summed E-state index contributed by atoms with van der Waals surface area (Å²) in [5, 5.41) is 0. The lowest BCUT2D eigenvalue weighted by Crippen LogP contribution is -2.42. The van der Waals surface area contributed by atoms with Crippen molar-refractivity contribution in [3.05, 3.63) is 35.1 Å². The fourth-order valence-corrected chi connectivity index (χ4v) is 2.73. The van der Waals surface area contributed by atoms with Crippen LogP contribution < -0.4 is 0 Å². The molecule has 0 N–H and O–H groups in total. The quantitative estimate of drug-likeness (QED) is 0.802. The predicted molar refractivity (Wildman–Crippen MR) is 76.4 cm³/mol. The number of hydrogen-bond acceptors (Lipinski definition) is 3. The molecule has 0 bridgehead atoms. The molecule has 1 aromatic carbocycles. The third kappa shape index (κ3) is 3.60. The van der Waals surface area contributed by atoms with E-state index in [-0.39, 0.29) is 24.3 Å². The van der Waals surface area contributed by atoms with Crippen molar-refractivity contribution >= 4 is 11.9 Å². The first-order valence-corrected chi connectivity index (χ1v) is 7.17. The Balaban J connectivity index is 2.23. The lowest BCUT2D eigenvalue weighted by Gasteiger charge is -2.28. The summed E-state index contributed by atoms with van der Waals surface area (Å²) in [5.41, 5.74) is 0.829. The van der Waals surface area contributed by atoms with Gasteiger partial charge in [0, 0.05) is 11.6 Å². The molecular formula is C16H20FNO3. The maximum absolute atomic E-state index is 13.3. The Morgan fingerprint density at radius 2 is 2.00 bits per heavy atom. The minimum atomic E-state index is -0.436. The molecule has 1 aliphatic rings. The molecule has 0 spiro atoms. The maximum Gasteiger partial charge on any atom is 0.325 e. The molecule has 1 aromatic rings. The first-order chi connectivity index (χ1) is 10.0. The number of hydrogen-bond donors (Lipinski definition) is 0. The number of rotatable bonds is 4. The van der Waals surface area contributed by atoms with Crippen LogP contribution in [0.2, 0.25) is 0 Å². The molecule has 0 atom stereocenters. The first kappa shape index (κ1) is 15.5. The van der Waals surface area contributed by atoms with Crippen molar-refractivity contribution < 1.29 is 18.7 Å². The smallest absolute Gasteiger partial charge is 0.325 e. The molecule has 0 aromatic heterocycles. The number of esters is 1. The van der Waals surface area contributed by atoms with E-state index in [9.17, 15) is 14.0 Å². The highest BCUT2D eigenvalue weighted by Gasteiger charge is 2.29. The SMILES string of the molecule is COC(=O)CN(C(=O)c1ccc(F)c(C)c1)C1CCCC1. The van der Waals surface area contributed by atoms with Crippen LogP contribution in [-0.2, 0) is 9.53 Å². The molecular weight excluding hydrogens is 273 g/mol. The van der Waals surface area contributed by atoms with E-state index in [1.54, 1.807) is 11.8 Å². The van der Waals surface area contributed by atoms with E-state index >= 15 is 0 Å². The third-order valence-electron chi connectivity index (χ3n) is 3.96. The van der Waals surface area contributed by atoms with Crippen molar-refractivity contribution in [2.45, 2.75) is 38.6 Å². The highest BCUT2D eigenvalue weighted by molar-refractivity contribution is 5.96. The van der Waals surface area contributed by atoms with Gasteiger partial charge in [-0.2, -0.15) is 0 Å². The molecule has 21 heavy (non-hydrogen) atoms. The monoisotopic (exact) mass is 293 g/mol. The van der Waals surface area contributed by atoms with Crippen LogP contribution in [0, 0.1) is 12.7 Å². The van der Waals surface area contributed by atoms with Crippen LogP contribution >= 0.6 is 0 Å². The van der Waals surface area contributed by atoms with Gasteiger partial charge in [-0.25, -0.2) is 4.39 Å². The summed E-state index contributed by atoms with van der Waals surface area (Å²) < 4.78 is 18.0. The van der Waals surface area contributed by atoms with E-state index in [1.807, 2.05) is 0 Å². The van der Waals surface area contributed by atoms with Crippen molar-refractivity contribution in [3.63, 3.8) is 0 Å². The van der Waals surface area contributed by atoms with Gasteiger partial charge in [0.2, 0.25) is 0 Å². The van der Waals surface area contributed by atoms with Gasteiger partial charge in [0.25, 0.3) is 5.91 Å². The lowest BCUT2D eigenvalue weighted by molar-refractivity contribution is -0.141. The van der Waals surface area contributed by atoms with Crippen molar-refractivity contribution in [2.24, 2.45) is 0 Å². The Morgan fingerprint density at radius 3 is 2.57 bits per heavy atom. The van der Waals surface area contributed by atoms with E-state index in [0.717, 1.165) is 25.7 Å². The zero-order chi connectivity index (χ0) is 15.4. The summed E-state index contributed by atoms with van der Waals surface area (Å²) in [6.07, 6.45) is 3.89. The highest BCUT2D eigenvalue weighted by atomic mass is 19.1. The molecule has 1 saturated carbocycles. The fraction of sp³-hybridized carbons (Fsp3) is 0.500. The molecule has 1 amide bonds. The molecule has 0 saturated heterocycles. The van der Waals surface area contributed by atoms with Gasteiger partial charge < -0.3 is 9.64 Å². The summed E-state index contributed by atoms with van der Waals surface area (Å²) in [4.78, 5) is 25.8. The van der Waals surface area contributed by atoms with Gasteiger partial charge in [-0.05, 0) is 43.5 Å². The molecule has 4 nitrogen and oxygen atoms in total. The summed E-state index contributed by atoms with van der Waals surface area (Å²) in [6, 6.07) is 4.33. The summed E-state index contributed by atoms with van der Waals surface area (Å²) in [6.45, 7) is 1.56. The normalized spacial score (nSPS) is 15.0. The van der Waals surface area contributed by atoms with E-state index in [2.05, 4.69) is 4.74 Å². The van der Waals surface area contributed by atoms with Gasteiger partial charge in [-0.3, -0.25) is 9.59 Å². The van der Waals surface area contributed by atoms with Crippen molar-refractivity contribution in [3.8, 4) is 0 Å². The van der Waals surface area contributed by atoms with E-state index < -0.39 is 5.97 Å². The molecule has 1 aliphatic carbocycles. The minimum Gasteiger partial charge on any atom is -0.468 e. The number of methoxy groups -OCH3 is 1. The van der Waals surface area contributed by atoms with Gasteiger partial charge in [0.15, 0.2) is 0 Å². The first-order valence-electron chi connectivity index (χ1n) is 7.17. The van der Waals surface area contributed by atoms with Gasteiger partial charge >= 0.3 is 5.97 Å². The van der Waals surface area contributed by atoms with Crippen LogP contribution in [-0.4, -0.2) is 36.5 Å². The summed E-state index contributed by atoms with van der Waals surface area (Å²) in [7, 11) is 1.31. The molecule has 5 heteroatoms. The number of halogens is 1. The van der Waals surface area contributed by atoms with Crippen LogP contribution in [0.15, 0.2) is 18.2 Å². The number of carbonyl (C=O) groups excluding carboxylic acids is 2. The molecule has 0 radical (unpaired) electrons. The second-order valence-corrected chi connectivity index (χ2v) is 5.41. The second-order valence-electron chi connectivity index (χ2n) is 5.41. The maximum atomic E-state index is 13.3. The Morgan fingerprint density at radius 1 is 1.33 bits per heavy atom. The minimum absolute atomic E-state index is 0.0574. The number of aryl methyl sites for hydroxylation is 1. The average molecular weight is 293 g/mol. The number of benzene rings is 1. The van der Waals surface area contributed by atoms with Gasteiger partial charge in [0.1, 0.15) is 12.4 Å². The number of amides is 1. The lowest BCUT2D eigenvalue weighted by atomic mass is 10.1. The zero-order valence-corrected chi connectivity index (χ0v) is 12.4. The largest absolute Gasteiger partial charge is 0.468 e. The predicted octanol–water partition coefficient (Wildman–Crippen LogP) is 2.69. The van der Waals surface area contributed by atoms with Crippen LogP contribution in [0.1, 0.15) is 41.6 Å². The van der Waals surface area contributed by atoms with Gasteiger partial charge in [0.05, 0.1) is 7.11 Å². The van der Waals surface area contributed by atoms with Crippen molar-refractivity contribution in [1.29, 1.82) is 0 Å². The van der Waals surface area contributed by atoms with E-state index in [0.29, 0.717) is 11.1 Å². The van der Waals surface area contributed by atoms with Crippen molar-refractivity contribution in [1.82, 2.24) is 4.90 Å². The van der Waals surface area contributed by atoms with Gasteiger partial charge in [-0.15, -0.1) is 0 Å². The topological polar surface area (TPSA) is 46.6 Å². The average Bonchev–Trinajstić information content (AvgIpc) is 3.00. The van der Waals surface area contributed by atoms with E-state index in [1.165, 1.54) is 25.3 Å². The van der Waals surface area contributed by atoms with Gasteiger partial charge in [-0.1, -0.05) is 12.8 Å².